The number of benzene rings is 2. The van der Waals surface area contributed by atoms with E-state index in [-0.39, 0.29) is 5.91 Å². The molecular formula is C23H16N4O. The van der Waals surface area contributed by atoms with E-state index in [1.54, 1.807) is 6.07 Å². The van der Waals surface area contributed by atoms with E-state index in [0.717, 1.165) is 27.8 Å². The highest BCUT2D eigenvalue weighted by Gasteiger charge is 2.10. The van der Waals surface area contributed by atoms with Crippen LogP contribution in [0.5, 0.6) is 0 Å². The van der Waals surface area contributed by atoms with Crippen LogP contribution in [0.4, 0.5) is 5.69 Å². The highest BCUT2D eigenvalue weighted by Crippen LogP contribution is 2.23. The van der Waals surface area contributed by atoms with Crippen molar-refractivity contribution in [1.82, 2.24) is 14.4 Å². The first-order chi connectivity index (χ1) is 13.8. The molecule has 0 aliphatic carbocycles. The number of rotatable bonds is 3. The summed E-state index contributed by atoms with van der Waals surface area (Å²) < 4.78 is 1.97. The third-order valence-corrected chi connectivity index (χ3v) is 4.61. The average Bonchev–Trinajstić information content (AvgIpc) is 3.18. The second kappa shape index (κ2) is 6.63. The van der Waals surface area contributed by atoms with Gasteiger partial charge in [-0.05, 0) is 36.4 Å². The lowest BCUT2D eigenvalue weighted by atomic mass is 10.1. The highest BCUT2D eigenvalue weighted by molar-refractivity contribution is 6.04. The smallest absolute Gasteiger partial charge is 0.274 e. The maximum Gasteiger partial charge on any atom is 0.274 e. The Kier molecular flexibility index (Phi) is 3.84. The number of amides is 1. The first-order valence-corrected chi connectivity index (χ1v) is 8.98. The van der Waals surface area contributed by atoms with Crippen LogP contribution in [0, 0.1) is 0 Å². The van der Waals surface area contributed by atoms with Gasteiger partial charge in [0, 0.05) is 29.0 Å². The fourth-order valence-corrected chi connectivity index (χ4v) is 3.22. The summed E-state index contributed by atoms with van der Waals surface area (Å²) in [6.07, 6.45) is 3.93. The lowest BCUT2D eigenvalue weighted by molar-refractivity contribution is 0.102. The number of hydrogen-bond donors (Lipinski definition) is 1. The number of fused-ring (bicyclic) bond motifs is 2. The fourth-order valence-electron chi connectivity index (χ4n) is 3.22. The van der Waals surface area contributed by atoms with Crippen molar-refractivity contribution < 1.29 is 4.79 Å². The Labute approximate surface area is 161 Å². The molecule has 5 aromatic rings. The topological polar surface area (TPSA) is 59.3 Å². The highest BCUT2D eigenvalue weighted by atomic mass is 16.1. The minimum atomic E-state index is -0.238. The summed E-state index contributed by atoms with van der Waals surface area (Å²) in [5.74, 6) is -0.238. The lowest BCUT2D eigenvalue weighted by Crippen LogP contribution is -2.13. The summed E-state index contributed by atoms with van der Waals surface area (Å²) in [5.41, 5.74) is 4.56. The quantitative estimate of drug-likeness (QED) is 0.500. The van der Waals surface area contributed by atoms with Gasteiger partial charge in [0.1, 0.15) is 11.3 Å². The van der Waals surface area contributed by atoms with Gasteiger partial charge >= 0.3 is 0 Å². The van der Waals surface area contributed by atoms with E-state index in [9.17, 15) is 4.79 Å². The van der Waals surface area contributed by atoms with Crippen molar-refractivity contribution in [3.8, 4) is 11.3 Å². The van der Waals surface area contributed by atoms with Crippen molar-refractivity contribution in [1.29, 1.82) is 0 Å². The molecule has 0 spiro atoms. The number of nitrogens with zero attached hydrogens (tertiary/aromatic N) is 3. The fraction of sp³-hybridized carbons (Fsp3) is 0. The zero-order valence-electron chi connectivity index (χ0n) is 14.9. The van der Waals surface area contributed by atoms with Crippen LogP contribution in [0.1, 0.15) is 10.5 Å². The summed E-state index contributed by atoms with van der Waals surface area (Å²) in [7, 11) is 0. The predicted octanol–water partition coefficient (Wildman–Crippen LogP) is 4.80. The Morgan fingerprint density at radius 2 is 1.75 bits per heavy atom. The second-order valence-electron chi connectivity index (χ2n) is 6.52. The number of para-hydroxylation sites is 1. The first-order valence-electron chi connectivity index (χ1n) is 8.98. The van der Waals surface area contributed by atoms with Crippen molar-refractivity contribution in [3.63, 3.8) is 0 Å². The third kappa shape index (κ3) is 2.99. The molecule has 2 aromatic carbocycles. The molecule has 0 radical (unpaired) electrons. The van der Waals surface area contributed by atoms with Gasteiger partial charge in [0.25, 0.3) is 5.91 Å². The van der Waals surface area contributed by atoms with Gasteiger partial charge in [-0.25, -0.2) is 9.97 Å². The molecule has 0 bridgehead atoms. The number of aromatic nitrogens is 3. The maximum atomic E-state index is 12.7. The van der Waals surface area contributed by atoms with Gasteiger partial charge in [-0.15, -0.1) is 0 Å². The lowest BCUT2D eigenvalue weighted by Gasteiger charge is -2.07. The summed E-state index contributed by atoms with van der Waals surface area (Å²) in [6, 6.07) is 24.9. The number of imidazole rings is 1. The molecule has 3 aromatic heterocycles. The monoisotopic (exact) mass is 364 g/mol. The van der Waals surface area contributed by atoms with Gasteiger partial charge in [-0.2, -0.15) is 0 Å². The van der Waals surface area contributed by atoms with Gasteiger partial charge in [0.05, 0.1) is 11.2 Å². The van der Waals surface area contributed by atoms with E-state index in [1.807, 2.05) is 89.6 Å². The standard InChI is InChI=1S/C23H16N4O/c28-23(20-12-11-16-6-1-2-9-19(16)25-20)24-18-8-5-7-17(14-18)21-15-27-13-4-3-10-22(27)26-21/h1-15H,(H,24,28). The first kappa shape index (κ1) is 16.2. The normalized spacial score (nSPS) is 11.0. The molecule has 0 unspecified atom stereocenters. The molecule has 1 N–H and O–H groups in total. The molecular weight excluding hydrogens is 348 g/mol. The van der Waals surface area contributed by atoms with Crippen LogP contribution in [0.2, 0.25) is 0 Å². The van der Waals surface area contributed by atoms with E-state index in [2.05, 4.69) is 15.3 Å². The Hall–Kier alpha value is -3.99. The number of nitrogens with one attached hydrogen (secondary N) is 1. The van der Waals surface area contributed by atoms with Crippen molar-refractivity contribution in [2.24, 2.45) is 0 Å². The molecule has 0 saturated heterocycles. The van der Waals surface area contributed by atoms with E-state index < -0.39 is 0 Å². The number of hydrogen-bond acceptors (Lipinski definition) is 3. The van der Waals surface area contributed by atoms with E-state index in [1.165, 1.54) is 0 Å². The molecule has 5 heteroatoms. The summed E-state index contributed by atoms with van der Waals surface area (Å²) in [6.45, 7) is 0. The summed E-state index contributed by atoms with van der Waals surface area (Å²) in [5, 5.41) is 3.94. The van der Waals surface area contributed by atoms with E-state index in [0.29, 0.717) is 11.4 Å². The van der Waals surface area contributed by atoms with Crippen LogP contribution in [0.25, 0.3) is 27.8 Å². The molecule has 134 valence electrons. The third-order valence-electron chi connectivity index (χ3n) is 4.61. The molecule has 1 amide bonds. The minimum absolute atomic E-state index is 0.238. The maximum absolute atomic E-state index is 12.7. The van der Waals surface area contributed by atoms with Gasteiger partial charge in [-0.1, -0.05) is 42.5 Å². The van der Waals surface area contributed by atoms with E-state index in [4.69, 9.17) is 0 Å². The Morgan fingerprint density at radius 1 is 0.857 bits per heavy atom. The molecule has 0 saturated carbocycles. The molecule has 0 atom stereocenters. The Bertz CT molecular complexity index is 1290. The number of pyridine rings is 2. The van der Waals surface area contributed by atoms with E-state index >= 15 is 0 Å². The molecule has 0 aliphatic heterocycles. The largest absolute Gasteiger partial charge is 0.321 e. The van der Waals surface area contributed by atoms with Crippen molar-refractivity contribution >= 4 is 28.1 Å². The number of carbonyl (C=O) groups excluding carboxylic acids is 1. The van der Waals surface area contributed by atoms with Gasteiger partial charge < -0.3 is 9.72 Å². The minimum Gasteiger partial charge on any atom is -0.321 e. The van der Waals surface area contributed by atoms with Gasteiger partial charge in [0.2, 0.25) is 0 Å². The van der Waals surface area contributed by atoms with Crippen molar-refractivity contribution in [2.45, 2.75) is 0 Å². The SMILES string of the molecule is O=C(Nc1cccc(-c2cn3ccccc3n2)c1)c1ccc2ccccc2n1. The Morgan fingerprint density at radius 3 is 2.68 bits per heavy atom. The van der Waals surface area contributed by atoms with Crippen LogP contribution in [0.3, 0.4) is 0 Å². The Balaban J connectivity index is 1.43. The molecule has 0 fully saturated rings. The van der Waals surface area contributed by atoms with Gasteiger partial charge in [0.15, 0.2) is 0 Å². The summed E-state index contributed by atoms with van der Waals surface area (Å²) >= 11 is 0. The van der Waals surface area contributed by atoms with Crippen LogP contribution >= 0.6 is 0 Å². The zero-order chi connectivity index (χ0) is 18.9. The predicted molar refractivity (Wildman–Crippen MR) is 110 cm³/mol. The van der Waals surface area contributed by atoms with Crippen molar-refractivity contribution in [2.75, 3.05) is 5.32 Å². The van der Waals surface area contributed by atoms with Crippen LogP contribution in [0.15, 0.2) is 91.3 Å². The van der Waals surface area contributed by atoms with Crippen LogP contribution < -0.4 is 5.32 Å². The average molecular weight is 364 g/mol. The van der Waals surface area contributed by atoms with Crippen LogP contribution in [-0.2, 0) is 0 Å². The molecule has 3 heterocycles. The van der Waals surface area contributed by atoms with Gasteiger partial charge in [-0.3, -0.25) is 4.79 Å². The molecule has 28 heavy (non-hydrogen) atoms. The summed E-state index contributed by atoms with van der Waals surface area (Å²) in [4.78, 5) is 21.7. The van der Waals surface area contributed by atoms with Crippen molar-refractivity contribution in [3.05, 3.63) is 97.0 Å². The molecule has 0 aliphatic rings. The zero-order valence-corrected chi connectivity index (χ0v) is 14.9. The number of anilines is 1. The van der Waals surface area contributed by atoms with Crippen LogP contribution in [-0.4, -0.2) is 20.3 Å². The molecule has 5 nitrogen and oxygen atoms in total. The molecule has 5 rings (SSSR count). The number of carbonyl (C=O) groups is 1. The second-order valence-corrected chi connectivity index (χ2v) is 6.52.